The number of aliphatic hydroxyl groups excluding tert-OH is 5. The number of carbonyl (C=O) groups excluding carboxylic acids is 3. The molecule has 0 bridgehead atoms. The number of aromatic hydroxyl groups is 1. The Bertz CT molecular complexity index is 1340. The van der Waals surface area contributed by atoms with Crippen LogP contribution in [0.1, 0.15) is 24.5 Å². The Morgan fingerprint density at radius 1 is 1.07 bits per heavy atom. The molecule has 1 aromatic rings. The number of likely N-dealkylation sites (N-methyl/N-ethyl adjacent to an activating group) is 1. The second-order valence-electron chi connectivity index (χ2n) is 11.2. The minimum Gasteiger partial charge on any atom is -0.508 e. The smallest absolute Gasteiger partial charge is 0.259 e. The summed E-state index contributed by atoms with van der Waals surface area (Å²) >= 11 is 0. The molecule has 3 aliphatic carbocycles. The quantitative estimate of drug-likeness (QED) is 0.114. The molecule has 1 amide bonds. The van der Waals surface area contributed by atoms with Crippen LogP contribution in [0.25, 0.3) is 5.76 Å². The largest absolute Gasteiger partial charge is 0.508 e. The highest BCUT2D eigenvalue weighted by Crippen LogP contribution is 2.57. The number of hydrogen-bond donors (Lipinski definition) is 10. The summed E-state index contributed by atoms with van der Waals surface area (Å²) in [7, 11) is 2.94. The van der Waals surface area contributed by atoms with Crippen LogP contribution in [0.3, 0.4) is 0 Å². The summed E-state index contributed by atoms with van der Waals surface area (Å²) in [5.74, 6) is -8.26. The average molecular weight is 578 g/mol. The molecule has 41 heavy (non-hydrogen) atoms. The highest BCUT2D eigenvalue weighted by atomic mass is 16.4. The first-order chi connectivity index (χ1) is 19.1. The summed E-state index contributed by atoms with van der Waals surface area (Å²) in [5, 5.41) is 89.5. The van der Waals surface area contributed by atoms with Crippen molar-refractivity contribution in [3.05, 3.63) is 46.2 Å². The highest BCUT2D eigenvalue weighted by molar-refractivity contribution is 6.25. The molecule has 1 fully saturated rings. The fraction of sp³-hybridized carbons (Fsp3) is 0.519. The molecule has 1 saturated carbocycles. The van der Waals surface area contributed by atoms with Crippen LogP contribution in [0.4, 0.5) is 0 Å². The number of ketones is 2. The second kappa shape index (κ2) is 10.5. The van der Waals surface area contributed by atoms with Crippen LogP contribution in [0.2, 0.25) is 0 Å². The van der Waals surface area contributed by atoms with Crippen molar-refractivity contribution in [2.75, 3.05) is 40.6 Å². The Labute approximate surface area is 234 Å². The maximum atomic E-state index is 14.0. The van der Waals surface area contributed by atoms with Crippen molar-refractivity contribution in [1.82, 2.24) is 15.5 Å². The number of rotatable bonds is 8. The van der Waals surface area contributed by atoms with Crippen LogP contribution < -0.4 is 10.6 Å². The molecule has 0 aliphatic heterocycles. The number of aliphatic hydroxyl groups is 7. The minimum atomic E-state index is -2.87. The van der Waals surface area contributed by atoms with Crippen molar-refractivity contribution in [3.63, 3.8) is 0 Å². The molecule has 0 heterocycles. The predicted octanol–water partition coefficient (Wildman–Crippen LogP) is -2.48. The number of Topliss-reactive ketones (excluding diaryl/α,β-unsaturated/α-hetero) is 2. The Morgan fingerprint density at radius 3 is 2.24 bits per heavy atom. The first kappa shape index (κ1) is 30.6. The van der Waals surface area contributed by atoms with Gasteiger partial charge in [0.1, 0.15) is 22.8 Å². The van der Waals surface area contributed by atoms with Gasteiger partial charge in [0.25, 0.3) is 5.91 Å². The van der Waals surface area contributed by atoms with E-state index < -0.39 is 107 Å². The van der Waals surface area contributed by atoms with Crippen molar-refractivity contribution in [3.8, 4) is 5.75 Å². The van der Waals surface area contributed by atoms with Crippen molar-refractivity contribution in [1.29, 1.82) is 0 Å². The molecule has 4 rings (SSSR count). The van der Waals surface area contributed by atoms with Crippen molar-refractivity contribution in [2.45, 2.75) is 36.1 Å². The second-order valence-corrected chi connectivity index (χ2v) is 11.2. The first-order valence-corrected chi connectivity index (χ1v) is 12.9. The van der Waals surface area contributed by atoms with Gasteiger partial charge in [-0.15, -0.1) is 0 Å². The SMILES string of the molecule is CN(C)[C@@H]1C(=O)C(C(=O)NCNC(CO)(CO)CO)=C(O)[C@]2(O)C(=O)C3=C(O)c4c(O)cccc4[C@](C)(O)[C@H]3C[C@@H]12. The van der Waals surface area contributed by atoms with E-state index >= 15 is 0 Å². The van der Waals surface area contributed by atoms with Crippen LogP contribution in [0, 0.1) is 11.8 Å². The molecule has 14 heteroatoms. The van der Waals surface area contributed by atoms with Gasteiger partial charge in [-0.1, -0.05) is 12.1 Å². The average Bonchev–Trinajstić information content (AvgIpc) is 2.92. The Balaban J connectivity index is 1.83. The fourth-order valence-corrected chi connectivity index (χ4v) is 6.20. The lowest BCUT2D eigenvalue weighted by Gasteiger charge is -2.53. The predicted molar refractivity (Wildman–Crippen MR) is 141 cm³/mol. The van der Waals surface area contributed by atoms with Crippen LogP contribution in [-0.2, 0) is 20.0 Å². The number of phenols is 1. The monoisotopic (exact) mass is 577 g/mol. The van der Waals surface area contributed by atoms with E-state index in [1.807, 2.05) is 0 Å². The van der Waals surface area contributed by atoms with Gasteiger partial charge < -0.3 is 46.2 Å². The van der Waals surface area contributed by atoms with E-state index in [-0.39, 0.29) is 17.5 Å². The van der Waals surface area contributed by atoms with E-state index in [2.05, 4.69) is 10.6 Å². The minimum absolute atomic E-state index is 0.127. The summed E-state index contributed by atoms with van der Waals surface area (Å²) in [5.41, 5.74) is -7.77. The molecule has 3 aliphatic rings. The zero-order chi connectivity index (χ0) is 30.7. The Morgan fingerprint density at radius 2 is 1.68 bits per heavy atom. The number of fused-ring (bicyclic) bond motifs is 3. The molecule has 10 N–H and O–H groups in total. The third kappa shape index (κ3) is 4.34. The summed E-state index contributed by atoms with van der Waals surface area (Å²) in [4.78, 5) is 42.2. The molecule has 0 spiro atoms. The van der Waals surface area contributed by atoms with Gasteiger partial charge in [0, 0.05) is 17.4 Å². The highest BCUT2D eigenvalue weighted by Gasteiger charge is 2.66. The molecular weight excluding hydrogens is 542 g/mol. The zero-order valence-electron chi connectivity index (χ0n) is 22.7. The van der Waals surface area contributed by atoms with Gasteiger partial charge in [0.2, 0.25) is 5.78 Å². The lowest BCUT2D eigenvalue weighted by atomic mass is 9.54. The Hall–Kier alpha value is -3.37. The third-order valence-corrected chi connectivity index (χ3v) is 8.62. The molecule has 224 valence electrons. The molecule has 5 atom stereocenters. The molecule has 0 aromatic heterocycles. The van der Waals surface area contributed by atoms with Gasteiger partial charge in [0.15, 0.2) is 11.4 Å². The number of nitrogens with one attached hydrogen (secondary N) is 2. The van der Waals surface area contributed by atoms with E-state index in [1.54, 1.807) is 0 Å². The zero-order valence-corrected chi connectivity index (χ0v) is 22.7. The van der Waals surface area contributed by atoms with Crippen molar-refractivity contribution >= 4 is 23.2 Å². The van der Waals surface area contributed by atoms with Crippen LogP contribution in [0.5, 0.6) is 5.75 Å². The normalized spacial score (nSPS) is 29.8. The van der Waals surface area contributed by atoms with Gasteiger partial charge in [-0.25, -0.2) is 0 Å². The lowest BCUT2D eigenvalue weighted by molar-refractivity contribution is -0.159. The van der Waals surface area contributed by atoms with Crippen LogP contribution >= 0.6 is 0 Å². The topological polar surface area (TPSA) is 240 Å². The molecular formula is C27H35N3O11. The van der Waals surface area contributed by atoms with Crippen molar-refractivity contribution in [2.24, 2.45) is 11.8 Å². The lowest BCUT2D eigenvalue weighted by Crippen LogP contribution is -2.67. The van der Waals surface area contributed by atoms with E-state index in [0.717, 1.165) is 0 Å². The third-order valence-electron chi connectivity index (χ3n) is 8.62. The summed E-state index contributed by atoms with van der Waals surface area (Å²) in [6, 6.07) is 2.83. The van der Waals surface area contributed by atoms with Crippen LogP contribution in [0.15, 0.2) is 35.1 Å². The van der Waals surface area contributed by atoms with Gasteiger partial charge in [-0.05, 0) is 39.1 Å². The summed E-state index contributed by atoms with van der Waals surface area (Å²) < 4.78 is 0. The van der Waals surface area contributed by atoms with E-state index in [0.29, 0.717) is 0 Å². The Kier molecular flexibility index (Phi) is 7.81. The van der Waals surface area contributed by atoms with Gasteiger partial charge in [-0.2, -0.15) is 0 Å². The number of hydrogen-bond acceptors (Lipinski definition) is 13. The summed E-state index contributed by atoms with van der Waals surface area (Å²) in [6.45, 7) is -1.24. The van der Waals surface area contributed by atoms with E-state index in [4.69, 9.17) is 0 Å². The maximum Gasteiger partial charge on any atom is 0.259 e. The summed E-state index contributed by atoms with van der Waals surface area (Å²) in [6.07, 6.45) is -0.273. The van der Waals surface area contributed by atoms with Gasteiger partial charge >= 0.3 is 0 Å². The van der Waals surface area contributed by atoms with E-state index in [1.165, 1.54) is 44.1 Å². The molecule has 1 aromatic carbocycles. The molecule has 0 saturated heterocycles. The number of benzene rings is 1. The number of carbonyl (C=O) groups is 3. The molecule has 0 unspecified atom stereocenters. The maximum absolute atomic E-state index is 14.0. The van der Waals surface area contributed by atoms with Crippen LogP contribution in [-0.4, -0.2) is 121 Å². The molecule has 0 radical (unpaired) electrons. The molecule has 14 nitrogen and oxygen atoms in total. The number of phenolic OH excluding ortho intramolecular Hbond substituents is 1. The van der Waals surface area contributed by atoms with Crippen molar-refractivity contribution < 1.29 is 55.2 Å². The van der Waals surface area contributed by atoms with Gasteiger partial charge in [-0.3, -0.25) is 24.6 Å². The standard InChI is InChI=1S/C27H35N3O11/c1-25(40)12-5-4-6-15(34)16(12)20(35)17-13(25)7-14-19(30(2)3)21(36)18(23(38)27(14,41)22(17)37)24(39)28-11-29-26(8-31,9-32)10-33/h4-6,13-14,19,29,31-35,38,40-41H,7-11H2,1-3H3,(H,28,39)/t13-,14-,19-,25-,27+/m0/s1. The fourth-order valence-electron chi connectivity index (χ4n) is 6.20. The first-order valence-electron chi connectivity index (χ1n) is 12.9. The number of nitrogens with zero attached hydrogens (tertiary/aromatic N) is 1. The van der Waals surface area contributed by atoms with Gasteiger partial charge in [0.05, 0.1) is 49.2 Å². The number of amides is 1. The van der Waals surface area contributed by atoms with E-state index in [9.17, 15) is 55.2 Å².